The average molecular weight is 448 g/mol. The summed E-state index contributed by atoms with van der Waals surface area (Å²) in [5, 5.41) is 0.875. The van der Waals surface area contributed by atoms with E-state index in [-0.39, 0.29) is 18.3 Å². The first-order valence-electron chi connectivity index (χ1n) is 9.95. The molecule has 5 nitrogen and oxygen atoms in total. The molecule has 2 aromatic carbocycles. The van der Waals surface area contributed by atoms with E-state index >= 15 is 0 Å². The summed E-state index contributed by atoms with van der Waals surface area (Å²) in [5.74, 6) is 1.11. The highest BCUT2D eigenvalue weighted by atomic mass is 35.5. The van der Waals surface area contributed by atoms with Gasteiger partial charge in [-0.3, -0.25) is 9.59 Å². The molecule has 2 aromatic rings. The molecule has 1 fully saturated rings. The molecule has 7 heteroatoms. The van der Waals surface area contributed by atoms with E-state index in [1.165, 1.54) is 0 Å². The van der Waals surface area contributed by atoms with Gasteiger partial charge < -0.3 is 14.4 Å². The molecule has 0 radical (unpaired) electrons. The van der Waals surface area contributed by atoms with Crippen LogP contribution in [0, 0.1) is 13.8 Å². The number of benzene rings is 2. The lowest BCUT2D eigenvalue weighted by Gasteiger charge is -2.44. The summed E-state index contributed by atoms with van der Waals surface area (Å²) >= 11 is 12.0. The van der Waals surface area contributed by atoms with E-state index in [1.807, 2.05) is 26.0 Å². The van der Waals surface area contributed by atoms with Crippen molar-refractivity contribution in [3.05, 3.63) is 57.1 Å². The molecule has 2 aliphatic heterocycles. The first kappa shape index (κ1) is 21.0. The second kappa shape index (κ2) is 8.12. The smallest absolute Gasteiger partial charge is 0.260 e. The number of fused-ring (bicyclic) bond motifs is 1. The van der Waals surface area contributed by atoms with Gasteiger partial charge >= 0.3 is 0 Å². The Bertz CT molecular complexity index is 1010. The van der Waals surface area contributed by atoms with Crippen LogP contribution in [0.2, 0.25) is 10.0 Å². The van der Waals surface area contributed by atoms with Crippen LogP contribution < -0.4 is 9.47 Å². The lowest BCUT2D eigenvalue weighted by molar-refractivity contribution is -0.136. The van der Waals surface area contributed by atoms with Gasteiger partial charge in [0.2, 0.25) is 0 Å². The lowest BCUT2D eigenvalue weighted by Crippen LogP contribution is -2.53. The number of nitrogens with zero attached hydrogens (tertiary/aromatic N) is 1. The van der Waals surface area contributed by atoms with Crippen molar-refractivity contribution in [3.63, 3.8) is 0 Å². The maximum Gasteiger partial charge on any atom is 0.260 e. The van der Waals surface area contributed by atoms with Gasteiger partial charge in [-0.25, -0.2) is 0 Å². The molecule has 0 unspecified atom stereocenters. The van der Waals surface area contributed by atoms with E-state index in [0.29, 0.717) is 59.5 Å². The van der Waals surface area contributed by atoms with Crippen LogP contribution in [0.25, 0.3) is 0 Å². The van der Waals surface area contributed by atoms with Crippen molar-refractivity contribution < 1.29 is 19.1 Å². The highest BCUT2D eigenvalue weighted by Gasteiger charge is 2.44. The summed E-state index contributed by atoms with van der Waals surface area (Å²) in [6.07, 6.45) is 1.57. The number of hydrogen-bond acceptors (Lipinski definition) is 4. The zero-order chi connectivity index (χ0) is 21.5. The summed E-state index contributed by atoms with van der Waals surface area (Å²) in [6, 6.07) is 8.81. The Balaban J connectivity index is 1.38. The molecular weight excluding hydrogens is 425 g/mol. The monoisotopic (exact) mass is 447 g/mol. The van der Waals surface area contributed by atoms with Gasteiger partial charge in [-0.05, 0) is 49.2 Å². The van der Waals surface area contributed by atoms with Crippen LogP contribution >= 0.6 is 23.2 Å². The highest BCUT2D eigenvalue weighted by Crippen LogP contribution is 2.41. The van der Waals surface area contributed by atoms with Gasteiger partial charge in [0.15, 0.2) is 12.4 Å². The number of likely N-dealkylation sites (tertiary alicyclic amines) is 1. The van der Waals surface area contributed by atoms with Crippen molar-refractivity contribution in [1.29, 1.82) is 0 Å². The van der Waals surface area contributed by atoms with E-state index in [4.69, 9.17) is 32.7 Å². The van der Waals surface area contributed by atoms with E-state index in [2.05, 4.69) is 0 Å². The molecule has 1 spiro atoms. The number of hydrogen-bond donors (Lipinski definition) is 0. The molecule has 1 amide bonds. The van der Waals surface area contributed by atoms with Gasteiger partial charge in [0.25, 0.3) is 5.91 Å². The minimum atomic E-state index is -0.540. The number of rotatable bonds is 3. The standard InChI is InChI=1S/C23H23Cl2NO4/c1-14-9-15(2)22-17(10-14)19(27)12-23(30-22)5-7-26(8-6-23)21(28)13-29-20-4-3-16(24)11-18(20)25/h3-4,9-11H,5-8,12-13H2,1-2H3. The molecule has 30 heavy (non-hydrogen) atoms. The van der Waals surface area contributed by atoms with Gasteiger partial charge in [0, 0.05) is 31.0 Å². The minimum absolute atomic E-state index is 0.102. The molecule has 0 N–H and O–H groups in total. The number of amides is 1. The molecule has 0 aromatic heterocycles. The maximum absolute atomic E-state index is 12.8. The Morgan fingerprint density at radius 1 is 1.17 bits per heavy atom. The van der Waals surface area contributed by atoms with Crippen LogP contribution in [-0.4, -0.2) is 41.9 Å². The zero-order valence-corrected chi connectivity index (χ0v) is 18.5. The largest absolute Gasteiger partial charge is 0.486 e. The van der Waals surface area contributed by atoms with Gasteiger partial charge in [0.1, 0.15) is 17.1 Å². The third-order valence-electron chi connectivity index (χ3n) is 5.79. The van der Waals surface area contributed by atoms with Crippen LogP contribution in [0.3, 0.4) is 0 Å². The average Bonchev–Trinajstić information content (AvgIpc) is 2.69. The zero-order valence-electron chi connectivity index (χ0n) is 17.0. The predicted octanol–water partition coefficient (Wildman–Crippen LogP) is 5.02. The first-order valence-corrected chi connectivity index (χ1v) is 10.7. The molecule has 4 rings (SSSR count). The fourth-order valence-corrected chi connectivity index (χ4v) is 4.67. The third kappa shape index (κ3) is 4.14. The molecule has 0 saturated carbocycles. The maximum atomic E-state index is 12.8. The molecular formula is C23H23Cl2NO4. The van der Waals surface area contributed by atoms with Crippen molar-refractivity contribution in [3.8, 4) is 11.5 Å². The van der Waals surface area contributed by atoms with Crippen LogP contribution in [-0.2, 0) is 4.79 Å². The number of ketones is 1. The molecule has 0 bridgehead atoms. The molecule has 2 heterocycles. The van der Waals surface area contributed by atoms with Crippen molar-refractivity contribution in [2.45, 2.75) is 38.7 Å². The molecule has 2 aliphatic rings. The molecule has 158 valence electrons. The summed E-state index contributed by atoms with van der Waals surface area (Å²) in [4.78, 5) is 27.1. The summed E-state index contributed by atoms with van der Waals surface area (Å²) in [7, 11) is 0. The van der Waals surface area contributed by atoms with E-state index < -0.39 is 5.60 Å². The van der Waals surface area contributed by atoms with Gasteiger partial charge in [-0.1, -0.05) is 29.3 Å². The number of piperidine rings is 1. The number of carbonyl (C=O) groups is 2. The van der Waals surface area contributed by atoms with Gasteiger partial charge in [-0.15, -0.1) is 0 Å². The van der Waals surface area contributed by atoms with Crippen LogP contribution in [0.4, 0.5) is 0 Å². The second-order valence-corrected chi connectivity index (χ2v) is 8.93. The summed E-state index contributed by atoms with van der Waals surface area (Å²) < 4.78 is 11.9. The highest BCUT2D eigenvalue weighted by molar-refractivity contribution is 6.35. The Labute approximate surface area is 185 Å². The first-order chi connectivity index (χ1) is 14.3. The van der Waals surface area contributed by atoms with Crippen molar-refractivity contribution in [2.24, 2.45) is 0 Å². The van der Waals surface area contributed by atoms with E-state index in [1.54, 1.807) is 23.1 Å². The quantitative estimate of drug-likeness (QED) is 0.662. The Kier molecular flexibility index (Phi) is 5.69. The van der Waals surface area contributed by atoms with Gasteiger partial charge in [0.05, 0.1) is 17.0 Å². The van der Waals surface area contributed by atoms with Crippen molar-refractivity contribution >= 4 is 34.9 Å². The van der Waals surface area contributed by atoms with E-state index in [0.717, 1.165) is 11.1 Å². The Morgan fingerprint density at radius 3 is 2.60 bits per heavy atom. The van der Waals surface area contributed by atoms with Crippen LogP contribution in [0.5, 0.6) is 11.5 Å². The fraction of sp³-hybridized carbons (Fsp3) is 0.391. The lowest BCUT2D eigenvalue weighted by atomic mass is 9.81. The number of carbonyl (C=O) groups excluding carboxylic acids is 2. The predicted molar refractivity (Wildman–Crippen MR) is 116 cm³/mol. The SMILES string of the molecule is Cc1cc(C)c2c(c1)C(=O)CC1(CCN(C(=O)COc3ccc(Cl)cc3Cl)CC1)O2. The minimum Gasteiger partial charge on any atom is -0.486 e. The fourth-order valence-electron chi connectivity index (χ4n) is 4.20. The molecule has 0 atom stereocenters. The second-order valence-electron chi connectivity index (χ2n) is 8.09. The summed E-state index contributed by atoms with van der Waals surface area (Å²) in [6.45, 7) is 4.88. The third-order valence-corrected chi connectivity index (χ3v) is 6.32. The Morgan fingerprint density at radius 2 is 1.90 bits per heavy atom. The van der Waals surface area contributed by atoms with Crippen LogP contribution in [0.1, 0.15) is 40.7 Å². The van der Waals surface area contributed by atoms with Crippen LogP contribution in [0.15, 0.2) is 30.3 Å². The van der Waals surface area contributed by atoms with E-state index in [9.17, 15) is 9.59 Å². The van der Waals surface area contributed by atoms with Gasteiger partial charge in [-0.2, -0.15) is 0 Å². The Hall–Kier alpha value is -2.24. The summed E-state index contributed by atoms with van der Waals surface area (Å²) in [5.41, 5.74) is 2.16. The number of Topliss-reactive ketones (excluding diaryl/α,β-unsaturated/α-hetero) is 1. The van der Waals surface area contributed by atoms with Crippen molar-refractivity contribution in [1.82, 2.24) is 4.90 Å². The number of halogens is 2. The number of aryl methyl sites for hydroxylation is 2. The molecule has 0 aliphatic carbocycles. The normalized spacial score (nSPS) is 17.5. The topological polar surface area (TPSA) is 55.8 Å². The number of ether oxygens (including phenoxy) is 2. The molecule has 1 saturated heterocycles. The van der Waals surface area contributed by atoms with Crippen molar-refractivity contribution in [2.75, 3.05) is 19.7 Å².